The van der Waals surface area contributed by atoms with E-state index in [1.165, 1.54) is 0 Å². The molecule has 0 saturated heterocycles. The Balaban J connectivity index is 1.73. The van der Waals surface area contributed by atoms with Crippen LogP contribution in [0.5, 0.6) is 0 Å². The van der Waals surface area contributed by atoms with E-state index in [9.17, 15) is 4.79 Å². The van der Waals surface area contributed by atoms with Crippen LogP contribution in [0.15, 0.2) is 73.1 Å². The summed E-state index contributed by atoms with van der Waals surface area (Å²) >= 11 is 0. The molecule has 0 aliphatic carbocycles. The maximum atomic E-state index is 10.8. The second kappa shape index (κ2) is 8.87. The third-order valence-corrected chi connectivity index (χ3v) is 4.01. The molecule has 1 N–H and O–H groups in total. The molecule has 2 aromatic heterocycles. The number of hydrogen-bond donors (Lipinski definition) is 1. The average Bonchev–Trinajstić information content (AvgIpc) is 2.64. The maximum Gasteiger partial charge on any atom is 0.307 e. The number of pyridine rings is 2. The zero-order valence-electron chi connectivity index (χ0n) is 14.5. The molecule has 0 aliphatic heterocycles. The van der Waals surface area contributed by atoms with Crippen LogP contribution in [0.4, 0.5) is 0 Å². The van der Waals surface area contributed by atoms with Gasteiger partial charge in [-0.3, -0.25) is 19.7 Å². The summed E-state index contributed by atoms with van der Waals surface area (Å²) in [6, 6.07) is 19.6. The lowest BCUT2D eigenvalue weighted by atomic mass is 10.1. The zero-order valence-corrected chi connectivity index (χ0v) is 14.5. The molecular weight excluding hydrogens is 326 g/mol. The highest BCUT2D eigenvalue weighted by molar-refractivity contribution is 5.70. The van der Waals surface area contributed by atoms with Crippen molar-refractivity contribution in [1.82, 2.24) is 14.9 Å². The van der Waals surface area contributed by atoms with Gasteiger partial charge in [-0.1, -0.05) is 36.4 Å². The van der Waals surface area contributed by atoms with Crippen molar-refractivity contribution in [2.75, 3.05) is 0 Å². The minimum Gasteiger partial charge on any atom is -0.481 e. The molecule has 0 amide bonds. The Kier molecular flexibility index (Phi) is 6.06. The fourth-order valence-corrected chi connectivity index (χ4v) is 2.80. The van der Waals surface area contributed by atoms with Crippen LogP contribution >= 0.6 is 0 Å². The van der Waals surface area contributed by atoms with E-state index in [0.29, 0.717) is 13.1 Å². The minimum absolute atomic E-state index is 0.0475. The van der Waals surface area contributed by atoms with Crippen LogP contribution in [0.25, 0.3) is 0 Å². The van der Waals surface area contributed by atoms with Crippen LogP contribution in [-0.4, -0.2) is 25.9 Å². The fourth-order valence-electron chi connectivity index (χ4n) is 2.80. The molecule has 2 heterocycles. The normalized spacial score (nSPS) is 10.8. The van der Waals surface area contributed by atoms with Crippen molar-refractivity contribution in [3.63, 3.8) is 0 Å². The zero-order chi connectivity index (χ0) is 18.2. The quantitative estimate of drug-likeness (QED) is 0.677. The number of hydrogen-bond acceptors (Lipinski definition) is 4. The van der Waals surface area contributed by atoms with Crippen molar-refractivity contribution in [3.05, 3.63) is 95.6 Å². The molecule has 26 heavy (non-hydrogen) atoms. The molecule has 0 atom stereocenters. The first kappa shape index (κ1) is 17.8. The number of nitrogens with zero attached hydrogens (tertiary/aromatic N) is 3. The van der Waals surface area contributed by atoms with E-state index < -0.39 is 5.97 Å². The smallest absolute Gasteiger partial charge is 0.307 e. The number of benzene rings is 1. The summed E-state index contributed by atoms with van der Waals surface area (Å²) in [5.41, 5.74) is 3.95. The molecule has 3 rings (SSSR count). The third-order valence-electron chi connectivity index (χ3n) is 4.01. The molecule has 0 spiro atoms. The van der Waals surface area contributed by atoms with Gasteiger partial charge in [0.05, 0.1) is 17.8 Å². The largest absolute Gasteiger partial charge is 0.481 e. The summed E-state index contributed by atoms with van der Waals surface area (Å²) in [5.74, 6) is -0.815. The van der Waals surface area contributed by atoms with E-state index in [0.717, 1.165) is 29.1 Å². The first-order valence-corrected chi connectivity index (χ1v) is 8.51. The van der Waals surface area contributed by atoms with Crippen molar-refractivity contribution in [2.24, 2.45) is 0 Å². The SMILES string of the molecule is O=C(O)Cc1ccc(CN(Cc2ccccn2)Cc2ccccn2)cc1. The van der Waals surface area contributed by atoms with Gasteiger partial charge in [-0.25, -0.2) is 0 Å². The van der Waals surface area contributed by atoms with Crippen molar-refractivity contribution in [1.29, 1.82) is 0 Å². The molecule has 0 bridgehead atoms. The number of carboxylic acid groups (broad SMARTS) is 1. The van der Waals surface area contributed by atoms with Gasteiger partial charge in [-0.15, -0.1) is 0 Å². The van der Waals surface area contributed by atoms with E-state index in [4.69, 9.17) is 5.11 Å². The Morgan fingerprint density at radius 1 is 0.769 bits per heavy atom. The average molecular weight is 347 g/mol. The summed E-state index contributed by atoms with van der Waals surface area (Å²) < 4.78 is 0. The highest BCUT2D eigenvalue weighted by atomic mass is 16.4. The Labute approximate surface area is 153 Å². The highest BCUT2D eigenvalue weighted by Crippen LogP contribution is 2.13. The predicted octanol–water partition coefficient (Wildman–Crippen LogP) is 3.31. The number of carbonyl (C=O) groups is 1. The standard InChI is InChI=1S/C21H21N3O2/c25-21(26)13-17-7-9-18(10-8-17)14-24(15-19-5-1-3-11-22-19)16-20-6-2-4-12-23-20/h1-12H,13-16H2,(H,25,26). The van der Waals surface area contributed by atoms with Gasteiger partial charge in [0.2, 0.25) is 0 Å². The fraction of sp³-hybridized carbons (Fsp3) is 0.190. The summed E-state index contributed by atoms with van der Waals surface area (Å²) in [6.45, 7) is 2.17. The first-order chi connectivity index (χ1) is 12.7. The predicted molar refractivity (Wildman–Crippen MR) is 99.2 cm³/mol. The van der Waals surface area contributed by atoms with Crippen LogP contribution < -0.4 is 0 Å². The molecule has 0 saturated carbocycles. The van der Waals surface area contributed by atoms with Gasteiger partial charge in [0, 0.05) is 32.0 Å². The molecule has 132 valence electrons. The van der Waals surface area contributed by atoms with Crippen molar-refractivity contribution in [2.45, 2.75) is 26.1 Å². The van der Waals surface area contributed by atoms with E-state index in [1.54, 1.807) is 12.4 Å². The van der Waals surface area contributed by atoms with E-state index in [1.807, 2.05) is 60.7 Å². The molecule has 0 unspecified atom stereocenters. The van der Waals surface area contributed by atoms with Gasteiger partial charge in [0.1, 0.15) is 0 Å². The lowest BCUT2D eigenvalue weighted by Gasteiger charge is -2.22. The first-order valence-electron chi connectivity index (χ1n) is 8.51. The van der Waals surface area contributed by atoms with Crippen LogP contribution in [-0.2, 0) is 30.8 Å². The molecular formula is C21H21N3O2. The molecule has 1 aromatic carbocycles. The summed E-state index contributed by atoms with van der Waals surface area (Å²) in [6.07, 6.45) is 3.65. The van der Waals surface area contributed by atoms with Crippen molar-refractivity contribution < 1.29 is 9.90 Å². The topological polar surface area (TPSA) is 66.3 Å². The van der Waals surface area contributed by atoms with Crippen molar-refractivity contribution >= 4 is 5.97 Å². The van der Waals surface area contributed by atoms with Gasteiger partial charge in [0.15, 0.2) is 0 Å². The molecule has 0 radical (unpaired) electrons. The van der Waals surface area contributed by atoms with Crippen LogP contribution in [0.2, 0.25) is 0 Å². The van der Waals surface area contributed by atoms with Crippen LogP contribution in [0, 0.1) is 0 Å². The minimum atomic E-state index is -0.815. The van der Waals surface area contributed by atoms with Crippen LogP contribution in [0.3, 0.4) is 0 Å². The van der Waals surface area contributed by atoms with E-state index >= 15 is 0 Å². The number of carboxylic acids is 1. The van der Waals surface area contributed by atoms with E-state index in [2.05, 4.69) is 14.9 Å². The number of rotatable bonds is 8. The number of aromatic nitrogens is 2. The van der Waals surface area contributed by atoms with Crippen molar-refractivity contribution in [3.8, 4) is 0 Å². The Bertz CT molecular complexity index is 779. The molecule has 3 aromatic rings. The summed E-state index contributed by atoms with van der Waals surface area (Å²) in [5, 5.41) is 8.89. The monoisotopic (exact) mass is 347 g/mol. The Morgan fingerprint density at radius 2 is 1.31 bits per heavy atom. The maximum absolute atomic E-state index is 10.8. The summed E-state index contributed by atoms with van der Waals surface area (Å²) in [4.78, 5) is 21.9. The highest BCUT2D eigenvalue weighted by Gasteiger charge is 2.10. The van der Waals surface area contributed by atoms with Gasteiger partial charge in [0.25, 0.3) is 0 Å². The molecule has 5 nitrogen and oxygen atoms in total. The second-order valence-corrected chi connectivity index (χ2v) is 6.17. The van der Waals surface area contributed by atoms with Gasteiger partial charge >= 0.3 is 5.97 Å². The lowest BCUT2D eigenvalue weighted by molar-refractivity contribution is -0.136. The van der Waals surface area contributed by atoms with Gasteiger partial charge < -0.3 is 5.11 Å². The van der Waals surface area contributed by atoms with Crippen LogP contribution in [0.1, 0.15) is 22.5 Å². The lowest BCUT2D eigenvalue weighted by Crippen LogP contribution is -2.23. The number of aliphatic carboxylic acids is 1. The second-order valence-electron chi connectivity index (χ2n) is 6.17. The Morgan fingerprint density at radius 3 is 1.77 bits per heavy atom. The van der Waals surface area contributed by atoms with Gasteiger partial charge in [-0.05, 0) is 35.4 Å². The molecule has 0 fully saturated rings. The molecule has 5 heteroatoms. The van der Waals surface area contributed by atoms with Gasteiger partial charge in [-0.2, -0.15) is 0 Å². The molecule has 0 aliphatic rings. The van der Waals surface area contributed by atoms with E-state index in [-0.39, 0.29) is 6.42 Å². The Hall–Kier alpha value is -3.05. The summed E-state index contributed by atoms with van der Waals surface area (Å²) in [7, 11) is 0. The third kappa shape index (κ3) is 5.50.